The molecular weight excluding hydrogens is 272 g/mol. The van der Waals surface area contributed by atoms with Gasteiger partial charge in [0.15, 0.2) is 5.60 Å². The highest BCUT2D eigenvalue weighted by atomic mass is 16.8. The summed E-state index contributed by atoms with van der Waals surface area (Å²) in [5, 5.41) is 3.37. The summed E-state index contributed by atoms with van der Waals surface area (Å²) in [6.45, 7) is 3.79. The van der Waals surface area contributed by atoms with E-state index in [2.05, 4.69) is 5.32 Å². The monoisotopic (exact) mass is 294 g/mol. The molecule has 0 aromatic rings. The van der Waals surface area contributed by atoms with E-state index in [1.165, 1.54) is 0 Å². The smallest absolute Gasteiger partial charge is 0.430 e. The predicted octanol–water partition coefficient (Wildman–Crippen LogP) is 0.904. The van der Waals surface area contributed by atoms with Gasteiger partial charge >= 0.3 is 6.16 Å². The SMILES string of the molecule is O=C1OCC2(CCN(C(=O)[C@H]3CC34CCNCC4)CC2)O1. The van der Waals surface area contributed by atoms with Crippen LogP contribution in [0.1, 0.15) is 32.1 Å². The molecule has 1 atom stereocenters. The molecule has 0 bridgehead atoms. The molecule has 0 unspecified atom stereocenters. The molecule has 0 aromatic heterocycles. The maximum absolute atomic E-state index is 12.7. The van der Waals surface area contributed by atoms with Gasteiger partial charge in [0.2, 0.25) is 5.91 Å². The van der Waals surface area contributed by atoms with Crippen LogP contribution in [0.2, 0.25) is 0 Å². The molecule has 1 aliphatic carbocycles. The fraction of sp³-hybridized carbons (Fsp3) is 0.867. The molecule has 2 spiro atoms. The van der Waals surface area contributed by atoms with Crippen molar-refractivity contribution >= 4 is 12.1 Å². The number of hydrogen-bond acceptors (Lipinski definition) is 5. The van der Waals surface area contributed by atoms with Gasteiger partial charge in [0.05, 0.1) is 0 Å². The molecule has 0 radical (unpaired) electrons. The van der Waals surface area contributed by atoms with Gasteiger partial charge < -0.3 is 19.7 Å². The maximum atomic E-state index is 12.7. The molecule has 3 heterocycles. The third-order valence-electron chi connectivity index (χ3n) is 5.83. The summed E-state index contributed by atoms with van der Waals surface area (Å²) in [5.41, 5.74) is -0.176. The first-order valence-corrected chi connectivity index (χ1v) is 7.98. The fourth-order valence-corrected chi connectivity index (χ4v) is 4.20. The molecule has 0 aromatic carbocycles. The molecule has 3 aliphatic heterocycles. The summed E-state index contributed by atoms with van der Waals surface area (Å²) in [4.78, 5) is 25.8. The van der Waals surface area contributed by atoms with E-state index in [0.29, 0.717) is 43.9 Å². The van der Waals surface area contributed by atoms with Gasteiger partial charge in [-0.15, -0.1) is 0 Å². The molecule has 6 heteroatoms. The van der Waals surface area contributed by atoms with Crippen LogP contribution in [0.4, 0.5) is 4.79 Å². The van der Waals surface area contributed by atoms with Gasteiger partial charge in [-0.2, -0.15) is 0 Å². The van der Waals surface area contributed by atoms with Crippen LogP contribution in [0.3, 0.4) is 0 Å². The minimum Gasteiger partial charge on any atom is -0.430 e. The van der Waals surface area contributed by atoms with Crippen molar-refractivity contribution in [3.05, 3.63) is 0 Å². The van der Waals surface area contributed by atoms with Gasteiger partial charge in [-0.05, 0) is 37.8 Å². The fourth-order valence-electron chi connectivity index (χ4n) is 4.20. The van der Waals surface area contributed by atoms with Crippen molar-refractivity contribution in [2.75, 3.05) is 32.8 Å². The van der Waals surface area contributed by atoms with Crippen LogP contribution >= 0.6 is 0 Å². The molecule has 3 saturated heterocycles. The van der Waals surface area contributed by atoms with Crippen LogP contribution in [-0.2, 0) is 14.3 Å². The molecule has 1 amide bonds. The Kier molecular flexibility index (Phi) is 2.93. The third-order valence-corrected chi connectivity index (χ3v) is 5.83. The highest BCUT2D eigenvalue weighted by Crippen LogP contribution is 2.59. The maximum Gasteiger partial charge on any atom is 0.509 e. The van der Waals surface area contributed by atoms with Gasteiger partial charge in [-0.25, -0.2) is 4.79 Å². The number of carbonyl (C=O) groups excluding carboxylic acids is 2. The Labute approximate surface area is 124 Å². The lowest BCUT2D eigenvalue weighted by Crippen LogP contribution is -2.49. The second kappa shape index (κ2) is 4.60. The number of likely N-dealkylation sites (tertiary alicyclic amines) is 1. The number of piperidine rings is 2. The number of carbonyl (C=O) groups is 2. The van der Waals surface area contributed by atoms with E-state index < -0.39 is 11.8 Å². The predicted molar refractivity (Wildman–Crippen MR) is 73.6 cm³/mol. The van der Waals surface area contributed by atoms with Crippen molar-refractivity contribution in [3.63, 3.8) is 0 Å². The van der Waals surface area contributed by atoms with Crippen molar-refractivity contribution in [1.29, 1.82) is 0 Å². The Balaban J connectivity index is 1.34. The molecule has 4 fully saturated rings. The van der Waals surface area contributed by atoms with Crippen molar-refractivity contribution in [2.24, 2.45) is 11.3 Å². The van der Waals surface area contributed by atoms with E-state index in [1.807, 2.05) is 4.90 Å². The largest absolute Gasteiger partial charge is 0.509 e. The lowest BCUT2D eigenvalue weighted by atomic mass is 9.90. The van der Waals surface area contributed by atoms with Crippen LogP contribution < -0.4 is 5.32 Å². The summed E-state index contributed by atoms with van der Waals surface area (Å²) < 4.78 is 10.2. The van der Waals surface area contributed by atoms with Crippen LogP contribution in [-0.4, -0.2) is 55.3 Å². The summed E-state index contributed by atoms with van der Waals surface area (Å²) in [5.74, 6) is 0.549. The summed E-state index contributed by atoms with van der Waals surface area (Å²) in [6, 6.07) is 0. The second-order valence-electron chi connectivity index (χ2n) is 7.02. The van der Waals surface area contributed by atoms with E-state index in [0.717, 1.165) is 32.4 Å². The number of hydrogen-bond donors (Lipinski definition) is 1. The number of ether oxygens (including phenoxy) is 2. The Bertz CT molecular complexity index is 464. The first kappa shape index (κ1) is 13.4. The number of cyclic esters (lactones) is 1. The average Bonchev–Trinajstić information content (AvgIpc) is 3.07. The minimum absolute atomic E-state index is 0.232. The molecule has 6 nitrogen and oxygen atoms in total. The molecule has 1 N–H and O–H groups in total. The first-order chi connectivity index (χ1) is 10.1. The van der Waals surface area contributed by atoms with Crippen LogP contribution in [0.5, 0.6) is 0 Å². The van der Waals surface area contributed by atoms with E-state index in [4.69, 9.17) is 9.47 Å². The van der Waals surface area contributed by atoms with Gasteiger partial charge in [0, 0.05) is 31.8 Å². The number of amides is 1. The zero-order valence-corrected chi connectivity index (χ0v) is 12.2. The van der Waals surface area contributed by atoms with E-state index >= 15 is 0 Å². The number of rotatable bonds is 1. The van der Waals surface area contributed by atoms with E-state index in [9.17, 15) is 9.59 Å². The lowest BCUT2D eigenvalue weighted by molar-refractivity contribution is -0.137. The first-order valence-electron chi connectivity index (χ1n) is 7.98. The van der Waals surface area contributed by atoms with E-state index in [-0.39, 0.29) is 5.92 Å². The van der Waals surface area contributed by atoms with Crippen molar-refractivity contribution in [2.45, 2.75) is 37.7 Å². The standard InChI is InChI=1S/C15H22N2O4/c18-12(11-9-14(11)1-5-16-6-2-14)17-7-3-15(4-8-17)10-20-13(19)21-15/h11,16H,1-10H2/t11-/m1/s1. The van der Waals surface area contributed by atoms with E-state index in [1.54, 1.807) is 0 Å². The van der Waals surface area contributed by atoms with Gasteiger partial charge in [0.1, 0.15) is 6.61 Å². The topological polar surface area (TPSA) is 67.9 Å². The zero-order valence-electron chi connectivity index (χ0n) is 12.2. The molecular formula is C15H22N2O4. The molecule has 116 valence electrons. The van der Waals surface area contributed by atoms with Crippen LogP contribution in [0.25, 0.3) is 0 Å². The lowest BCUT2D eigenvalue weighted by Gasteiger charge is -2.37. The highest BCUT2D eigenvalue weighted by molar-refractivity contribution is 5.83. The Hall–Kier alpha value is -1.30. The number of nitrogens with zero attached hydrogens (tertiary/aromatic N) is 1. The Morgan fingerprint density at radius 1 is 1.19 bits per heavy atom. The Morgan fingerprint density at radius 3 is 2.52 bits per heavy atom. The van der Waals surface area contributed by atoms with Crippen LogP contribution in [0, 0.1) is 11.3 Å². The molecule has 21 heavy (non-hydrogen) atoms. The van der Waals surface area contributed by atoms with Gasteiger partial charge in [0.25, 0.3) is 0 Å². The van der Waals surface area contributed by atoms with Crippen molar-refractivity contribution in [1.82, 2.24) is 10.2 Å². The molecule has 1 saturated carbocycles. The summed E-state index contributed by atoms with van der Waals surface area (Å²) in [6.07, 6.45) is 4.16. The summed E-state index contributed by atoms with van der Waals surface area (Å²) >= 11 is 0. The van der Waals surface area contributed by atoms with Crippen molar-refractivity contribution < 1.29 is 19.1 Å². The average molecular weight is 294 g/mol. The van der Waals surface area contributed by atoms with Gasteiger partial charge in [-0.1, -0.05) is 0 Å². The normalized spacial score (nSPS) is 32.9. The third kappa shape index (κ3) is 2.20. The number of nitrogens with one attached hydrogen (secondary N) is 1. The van der Waals surface area contributed by atoms with Crippen LogP contribution in [0.15, 0.2) is 0 Å². The van der Waals surface area contributed by atoms with Crippen molar-refractivity contribution in [3.8, 4) is 0 Å². The summed E-state index contributed by atoms with van der Waals surface area (Å²) in [7, 11) is 0. The molecule has 4 rings (SSSR count). The minimum atomic E-state index is -0.564. The second-order valence-corrected chi connectivity index (χ2v) is 7.02. The zero-order chi connectivity index (χ0) is 14.5. The van der Waals surface area contributed by atoms with Gasteiger partial charge in [-0.3, -0.25) is 4.79 Å². The Morgan fingerprint density at radius 2 is 1.90 bits per heavy atom. The quantitative estimate of drug-likeness (QED) is 0.728. The highest BCUT2D eigenvalue weighted by Gasteiger charge is 2.59. The molecule has 4 aliphatic rings.